The molecule has 2 aromatic rings. The van der Waals surface area contributed by atoms with E-state index >= 15 is 0 Å². The summed E-state index contributed by atoms with van der Waals surface area (Å²) >= 11 is 0. The molecule has 1 fully saturated rings. The molecule has 1 aliphatic carbocycles. The van der Waals surface area contributed by atoms with Gasteiger partial charge in [-0.2, -0.15) is 0 Å². The Kier molecular flexibility index (Phi) is 4.92. The third-order valence-corrected chi connectivity index (χ3v) is 4.92. The lowest BCUT2D eigenvalue weighted by molar-refractivity contribution is 0.301. The number of hydrogen-bond donors (Lipinski definition) is 1. The second kappa shape index (κ2) is 7.09. The molecule has 2 aromatic carbocycles. The van der Waals surface area contributed by atoms with Gasteiger partial charge in [0.2, 0.25) is 0 Å². The summed E-state index contributed by atoms with van der Waals surface area (Å²) in [5.74, 6) is 0.911. The van der Waals surface area contributed by atoms with Gasteiger partial charge in [-0.3, -0.25) is 0 Å². The molecule has 0 radical (unpaired) electrons. The van der Waals surface area contributed by atoms with Gasteiger partial charge in [0, 0.05) is 6.04 Å². The molecule has 1 saturated carbocycles. The first kappa shape index (κ1) is 14.6. The Balaban J connectivity index is 1.80. The van der Waals surface area contributed by atoms with E-state index in [0.717, 1.165) is 12.5 Å². The molecule has 0 bridgehead atoms. The maximum absolute atomic E-state index is 3.71. The minimum Gasteiger partial charge on any atom is -0.310 e. The molecule has 1 heteroatoms. The lowest BCUT2D eigenvalue weighted by Crippen LogP contribution is -2.24. The Bertz CT molecular complexity index is 569. The van der Waals surface area contributed by atoms with E-state index in [1.807, 2.05) is 0 Å². The Morgan fingerprint density at radius 3 is 2.52 bits per heavy atom. The molecule has 21 heavy (non-hydrogen) atoms. The van der Waals surface area contributed by atoms with Crippen molar-refractivity contribution >= 4 is 10.8 Å². The van der Waals surface area contributed by atoms with Crippen LogP contribution in [0.2, 0.25) is 0 Å². The van der Waals surface area contributed by atoms with E-state index in [1.54, 1.807) is 0 Å². The Morgan fingerprint density at radius 1 is 1.00 bits per heavy atom. The highest BCUT2D eigenvalue weighted by atomic mass is 14.9. The summed E-state index contributed by atoms with van der Waals surface area (Å²) in [5.41, 5.74) is 1.46. The van der Waals surface area contributed by atoms with Crippen LogP contribution in [0.3, 0.4) is 0 Å². The standard InChI is InChI=1S/C20H27N/c1-2-21-20(14-16-8-4-3-5-9-16)19-13-12-17-10-6-7-11-18(17)15-19/h6-7,10-13,15-16,20-21H,2-5,8-9,14H2,1H3. The molecule has 1 nitrogen and oxygen atoms in total. The zero-order valence-corrected chi connectivity index (χ0v) is 13.1. The molecular weight excluding hydrogens is 254 g/mol. The fourth-order valence-electron chi connectivity index (χ4n) is 3.76. The number of nitrogens with one attached hydrogen (secondary N) is 1. The van der Waals surface area contributed by atoms with Crippen molar-refractivity contribution in [1.82, 2.24) is 5.32 Å². The van der Waals surface area contributed by atoms with Crippen LogP contribution in [-0.2, 0) is 0 Å². The Labute approximate surface area is 128 Å². The van der Waals surface area contributed by atoms with Crippen molar-refractivity contribution in [1.29, 1.82) is 0 Å². The van der Waals surface area contributed by atoms with Crippen LogP contribution >= 0.6 is 0 Å². The molecule has 3 rings (SSSR count). The van der Waals surface area contributed by atoms with Crippen LogP contribution in [0.25, 0.3) is 10.8 Å². The molecular formula is C20H27N. The molecule has 1 atom stereocenters. The van der Waals surface area contributed by atoms with Gasteiger partial charge < -0.3 is 5.32 Å². The van der Waals surface area contributed by atoms with Gasteiger partial charge in [-0.15, -0.1) is 0 Å². The van der Waals surface area contributed by atoms with Gasteiger partial charge in [0.25, 0.3) is 0 Å². The van der Waals surface area contributed by atoms with Crippen LogP contribution in [0.5, 0.6) is 0 Å². The van der Waals surface area contributed by atoms with E-state index in [1.165, 1.54) is 54.9 Å². The van der Waals surface area contributed by atoms with Gasteiger partial charge in [-0.05, 0) is 41.3 Å². The fourth-order valence-corrected chi connectivity index (χ4v) is 3.76. The van der Waals surface area contributed by atoms with Gasteiger partial charge in [0.15, 0.2) is 0 Å². The van der Waals surface area contributed by atoms with Crippen molar-refractivity contribution in [2.45, 2.75) is 51.5 Å². The first-order valence-corrected chi connectivity index (χ1v) is 8.59. The lowest BCUT2D eigenvalue weighted by atomic mass is 9.83. The molecule has 0 heterocycles. The normalized spacial score (nSPS) is 18.0. The van der Waals surface area contributed by atoms with Gasteiger partial charge in [0.05, 0.1) is 0 Å². The number of hydrogen-bond acceptors (Lipinski definition) is 1. The zero-order chi connectivity index (χ0) is 14.5. The van der Waals surface area contributed by atoms with Crippen molar-refractivity contribution in [3.8, 4) is 0 Å². The van der Waals surface area contributed by atoms with Crippen molar-refractivity contribution in [2.75, 3.05) is 6.54 Å². The minimum absolute atomic E-state index is 0.516. The third kappa shape index (κ3) is 3.65. The predicted octanol–water partition coefficient (Wildman–Crippen LogP) is 5.46. The van der Waals surface area contributed by atoms with Crippen molar-refractivity contribution < 1.29 is 0 Å². The van der Waals surface area contributed by atoms with Crippen LogP contribution in [0, 0.1) is 5.92 Å². The minimum atomic E-state index is 0.516. The summed E-state index contributed by atoms with van der Waals surface area (Å²) in [6.07, 6.45) is 8.46. The van der Waals surface area contributed by atoms with E-state index in [0.29, 0.717) is 6.04 Å². The average molecular weight is 281 g/mol. The first-order chi connectivity index (χ1) is 10.4. The summed E-state index contributed by atoms with van der Waals surface area (Å²) < 4.78 is 0. The topological polar surface area (TPSA) is 12.0 Å². The summed E-state index contributed by atoms with van der Waals surface area (Å²) in [6.45, 7) is 3.26. The maximum Gasteiger partial charge on any atom is 0.0322 e. The summed E-state index contributed by atoms with van der Waals surface area (Å²) in [5, 5.41) is 6.42. The molecule has 0 aromatic heterocycles. The SMILES string of the molecule is CCNC(CC1CCCCC1)c1ccc2ccccc2c1. The van der Waals surface area contributed by atoms with Crippen molar-refractivity contribution in [3.63, 3.8) is 0 Å². The highest BCUT2D eigenvalue weighted by molar-refractivity contribution is 5.83. The predicted molar refractivity (Wildman–Crippen MR) is 91.6 cm³/mol. The monoisotopic (exact) mass is 281 g/mol. The van der Waals surface area contributed by atoms with E-state index in [4.69, 9.17) is 0 Å². The van der Waals surface area contributed by atoms with Crippen molar-refractivity contribution in [2.24, 2.45) is 5.92 Å². The van der Waals surface area contributed by atoms with E-state index in [-0.39, 0.29) is 0 Å². The molecule has 1 unspecified atom stereocenters. The Hall–Kier alpha value is -1.34. The molecule has 0 aliphatic heterocycles. The molecule has 1 aliphatic rings. The smallest absolute Gasteiger partial charge is 0.0322 e. The summed E-state index contributed by atoms with van der Waals surface area (Å²) in [6, 6.07) is 16.2. The quantitative estimate of drug-likeness (QED) is 0.767. The highest BCUT2D eigenvalue weighted by Crippen LogP contribution is 2.32. The summed E-state index contributed by atoms with van der Waals surface area (Å²) in [4.78, 5) is 0. The second-order valence-electron chi connectivity index (χ2n) is 6.46. The first-order valence-electron chi connectivity index (χ1n) is 8.59. The van der Waals surface area contributed by atoms with Crippen LogP contribution < -0.4 is 5.32 Å². The van der Waals surface area contributed by atoms with E-state index in [9.17, 15) is 0 Å². The number of rotatable bonds is 5. The van der Waals surface area contributed by atoms with Gasteiger partial charge in [-0.25, -0.2) is 0 Å². The summed E-state index contributed by atoms with van der Waals surface area (Å²) in [7, 11) is 0. The molecule has 1 N–H and O–H groups in total. The highest BCUT2D eigenvalue weighted by Gasteiger charge is 2.19. The average Bonchev–Trinajstić information content (AvgIpc) is 2.55. The molecule has 112 valence electrons. The van der Waals surface area contributed by atoms with Gasteiger partial charge in [0.1, 0.15) is 0 Å². The van der Waals surface area contributed by atoms with Crippen LogP contribution in [0.1, 0.15) is 57.1 Å². The molecule has 0 saturated heterocycles. The van der Waals surface area contributed by atoms with Gasteiger partial charge in [-0.1, -0.05) is 75.4 Å². The van der Waals surface area contributed by atoms with Crippen LogP contribution in [0.15, 0.2) is 42.5 Å². The number of fused-ring (bicyclic) bond motifs is 1. The molecule has 0 spiro atoms. The Morgan fingerprint density at radius 2 is 1.76 bits per heavy atom. The number of benzene rings is 2. The van der Waals surface area contributed by atoms with Crippen LogP contribution in [0.4, 0.5) is 0 Å². The maximum atomic E-state index is 3.71. The van der Waals surface area contributed by atoms with E-state index < -0.39 is 0 Å². The third-order valence-electron chi connectivity index (χ3n) is 4.92. The lowest BCUT2D eigenvalue weighted by Gasteiger charge is -2.27. The largest absolute Gasteiger partial charge is 0.310 e. The van der Waals surface area contributed by atoms with E-state index in [2.05, 4.69) is 54.7 Å². The van der Waals surface area contributed by atoms with Crippen LogP contribution in [-0.4, -0.2) is 6.54 Å². The van der Waals surface area contributed by atoms with Crippen molar-refractivity contribution in [3.05, 3.63) is 48.0 Å². The molecule has 0 amide bonds. The van der Waals surface area contributed by atoms with Gasteiger partial charge >= 0.3 is 0 Å². The fraction of sp³-hybridized carbons (Fsp3) is 0.500. The zero-order valence-electron chi connectivity index (χ0n) is 13.1. The second-order valence-corrected chi connectivity index (χ2v) is 6.46.